The van der Waals surface area contributed by atoms with Gasteiger partial charge in [-0.1, -0.05) is 23.9 Å². The Balaban J connectivity index is 1.66. The van der Waals surface area contributed by atoms with Crippen LogP contribution in [0.5, 0.6) is 0 Å². The molecule has 3 heterocycles. The van der Waals surface area contributed by atoms with Gasteiger partial charge in [-0.05, 0) is 55.5 Å². The van der Waals surface area contributed by atoms with Crippen molar-refractivity contribution in [1.82, 2.24) is 25.1 Å². The Kier molecular flexibility index (Phi) is 5.85. The number of thioether (sulfide) groups is 1. The quantitative estimate of drug-likeness (QED) is 0.337. The zero-order valence-electron chi connectivity index (χ0n) is 15.9. The molecule has 1 atom stereocenters. The molecule has 30 heavy (non-hydrogen) atoms. The number of carbonyl (C=O) groups is 1. The highest BCUT2D eigenvalue weighted by Crippen LogP contribution is 2.29. The second kappa shape index (κ2) is 8.87. The summed E-state index contributed by atoms with van der Waals surface area (Å²) in [6, 6.07) is 16.5. The van der Waals surface area contributed by atoms with E-state index in [4.69, 9.17) is 0 Å². The molecule has 3 aromatic heterocycles. The van der Waals surface area contributed by atoms with Crippen molar-refractivity contribution < 1.29 is 9.18 Å². The number of aromatic nitrogens is 5. The van der Waals surface area contributed by atoms with Gasteiger partial charge in [-0.25, -0.2) is 9.37 Å². The predicted molar refractivity (Wildman–Crippen MR) is 112 cm³/mol. The number of rotatable bonds is 6. The van der Waals surface area contributed by atoms with Crippen LogP contribution in [0.4, 0.5) is 4.39 Å². The fraction of sp³-hybridized carbons (Fsp3) is 0.0909. The number of ketones is 1. The van der Waals surface area contributed by atoms with Crippen LogP contribution >= 0.6 is 11.8 Å². The fourth-order valence-electron chi connectivity index (χ4n) is 2.78. The monoisotopic (exact) mass is 417 g/mol. The minimum Gasteiger partial charge on any atom is -0.293 e. The molecule has 0 aliphatic carbocycles. The highest BCUT2D eigenvalue weighted by atomic mass is 32.2. The summed E-state index contributed by atoms with van der Waals surface area (Å²) in [4.78, 5) is 26.0. The van der Waals surface area contributed by atoms with E-state index in [0.717, 1.165) is 0 Å². The van der Waals surface area contributed by atoms with Crippen LogP contribution in [0.15, 0.2) is 78.2 Å². The first kappa shape index (κ1) is 19.8. The molecule has 0 bridgehead atoms. The third-order valence-corrected chi connectivity index (χ3v) is 5.21. The summed E-state index contributed by atoms with van der Waals surface area (Å²) in [6.45, 7) is 1.76. The first-order chi connectivity index (χ1) is 14.6. The van der Waals surface area contributed by atoms with Crippen LogP contribution in [0, 0.1) is 5.82 Å². The summed E-state index contributed by atoms with van der Waals surface area (Å²) in [5, 5.41) is 8.39. The number of halogens is 1. The van der Waals surface area contributed by atoms with E-state index in [-0.39, 0.29) is 11.6 Å². The molecule has 0 fully saturated rings. The van der Waals surface area contributed by atoms with Crippen LogP contribution in [-0.4, -0.2) is 36.2 Å². The van der Waals surface area contributed by atoms with Crippen molar-refractivity contribution in [2.24, 2.45) is 0 Å². The van der Waals surface area contributed by atoms with Crippen LogP contribution in [-0.2, 0) is 0 Å². The van der Waals surface area contributed by atoms with Crippen LogP contribution in [0.1, 0.15) is 17.3 Å². The topological polar surface area (TPSA) is 81.5 Å². The number of pyridine rings is 2. The molecule has 8 heteroatoms. The number of Topliss-reactive ketones (excluding diaryl/α,β-unsaturated/α-hetero) is 1. The number of hydrogen-bond acceptors (Lipinski definition) is 7. The van der Waals surface area contributed by atoms with Gasteiger partial charge in [0.05, 0.1) is 16.6 Å². The van der Waals surface area contributed by atoms with E-state index < -0.39 is 5.25 Å². The number of carbonyl (C=O) groups excluding carboxylic acids is 1. The van der Waals surface area contributed by atoms with Crippen molar-refractivity contribution in [3.05, 3.63) is 84.4 Å². The molecule has 0 aliphatic rings. The summed E-state index contributed by atoms with van der Waals surface area (Å²) < 4.78 is 13.1. The lowest BCUT2D eigenvalue weighted by Crippen LogP contribution is -2.14. The van der Waals surface area contributed by atoms with Crippen LogP contribution in [0.3, 0.4) is 0 Å². The summed E-state index contributed by atoms with van der Waals surface area (Å²) in [6.07, 6.45) is 3.35. The van der Waals surface area contributed by atoms with Gasteiger partial charge in [0.15, 0.2) is 5.78 Å². The smallest absolute Gasteiger partial charge is 0.210 e. The zero-order valence-corrected chi connectivity index (χ0v) is 16.8. The van der Waals surface area contributed by atoms with E-state index in [1.807, 2.05) is 36.4 Å². The van der Waals surface area contributed by atoms with Crippen LogP contribution < -0.4 is 0 Å². The molecule has 6 nitrogen and oxygen atoms in total. The van der Waals surface area contributed by atoms with Crippen molar-refractivity contribution in [1.29, 1.82) is 0 Å². The van der Waals surface area contributed by atoms with Crippen LogP contribution in [0.25, 0.3) is 22.8 Å². The number of nitrogens with zero attached hydrogens (tertiary/aromatic N) is 5. The second-order valence-corrected chi connectivity index (χ2v) is 7.66. The van der Waals surface area contributed by atoms with Gasteiger partial charge in [0.2, 0.25) is 5.16 Å². The van der Waals surface area contributed by atoms with Gasteiger partial charge in [0.1, 0.15) is 17.2 Å². The Labute approximate surface area is 176 Å². The Morgan fingerprint density at radius 3 is 2.10 bits per heavy atom. The maximum Gasteiger partial charge on any atom is 0.210 e. The van der Waals surface area contributed by atoms with Crippen molar-refractivity contribution in [2.75, 3.05) is 0 Å². The molecular weight excluding hydrogens is 401 g/mol. The van der Waals surface area contributed by atoms with E-state index in [0.29, 0.717) is 33.5 Å². The first-order valence-electron chi connectivity index (χ1n) is 9.16. The Morgan fingerprint density at radius 2 is 1.50 bits per heavy atom. The maximum absolute atomic E-state index is 13.1. The molecule has 0 spiro atoms. The minimum absolute atomic E-state index is 0.142. The molecule has 1 unspecified atom stereocenters. The Bertz CT molecular complexity index is 1160. The standard InChI is InChI=1S/C22H16FN5OS/c1-14(21(29)15-8-10-16(23)11-9-15)30-22-26-19(17-6-2-4-12-24-17)20(27-28-22)18-7-3-5-13-25-18/h2-14H,1H3. The first-order valence-corrected chi connectivity index (χ1v) is 10.0. The molecule has 0 N–H and O–H groups in total. The number of hydrogen-bond donors (Lipinski definition) is 0. The maximum atomic E-state index is 13.1. The van der Waals surface area contributed by atoms with E-state index in [9.17, 15) is 9.18 Å². The molecule has 148 valence electrons. The summed E-state index contributed by atoms with van der Waals surface area (Å²) >= 11 is 1.19. The van der Waals surface area contributed by atoms with Crippen molar-refractivity contribution in [3.8, 4) is 22.8 Å². The predicted octanol–water partition coefficient (Wildman–Crippen LogP) is 4.50. The average Bonchev–Trinajstić information content (AvgIpc) is 2.80. The lowest BCUT2D eigenvalue weighted by Gasteiger charge is -2.11. The van der Waals surface area contributed by atoms with Gasteiger partial charge in [-0.2, -0.15) is 0 Å². The molecular formula is C22H16FN5OS. The van der Waals surface area contributed by atoms with Gasteiger partial charge in [-0.15, -0.1) is 10.2 Å². The molecule has 4 rings (SSSR count). The van der Waals surface area contributed by atoms with Gasteiger partial charge < -0.3 is 0 Å². The van der Waals surface area contributed by atoms with Crippen molar-refractivity contribution in [2.45, 2.75) is 17.3 Å². The molecule has 0 saturated carbocycles. The Hall–Kier alpha value is -3.52. The summed E-state index contributed by atoms with van der Waals surface area (Å²) in [7, 11) is 0. The largest absolute Gasteiger partial charge is 0.293 e. The fourth-order valence-corrected chi connectivity index (χ4v) is 3.57. The third kappa shape index (κ3) is 4.38. The lowest BCUT2D eigenvalue weighted by atomic mass is 10.1. The Morgan fingerprint density at radius 1 is 0.867 bits per heavy atom. The van der Waals surface area contributed by atoms with Crippen molar-refractivity contribution in [3.63, 3.8) is 0 Å². The SMILES string of the molecule is CC(Sc1nnc(-c2ccccn2)c(-c2ccccn2)n1)C(=O)c1ccc(F)cc1. The van der Waals surface area contributed by atoms with Crippen LogP contribution in [0.2, 0.25) is 0 Å². The van der Waals surface area contributed by atoms with E-state index in [1.165, 1.54) is 36.0 Å². The summed E-state index contributed by atoms with van der Waals surface area (Å²) in [5.41, 5.74) is 2.74. The molecule has 0 saturated heterocycles. The zero-order chi connectivity index (χ0) is 20.9. The highest BCUT2D eigenvalue weighted by molar-refractivity contribution is 8.00. The molecule has 0 aliphatic heterocycles. The van der Waals surface area contributed by atoms with Gasteiger partial charge in [-0.3, -0.25) is 14.8 Å². The normalized spacial score (nSPS) is 11.8. The molecule has 4 aromatic rings. The number of benzene rings is 1. The molecule has 1 aromatic carbocycles. The molecule has 0 radical (unpaired) electrons. The van der Waals surface area contributed by atoms with Crippen molar-refractivity contribution >= 4 is 17.5 Å². The van der Waals surface area contributed by atoms with Gasteiger partial charge >= 0.3 is 0 Å². The third-order valence-electron chi connectivity index (χ3n) is 4.26. The second-order valence-electron chi connectivity index (χ2n) is 6.35. The van der Waals surface area contributed by atoms with E-state index in [1.54, 1.807) is 19.3 Å². The minimum atomic E-state index is -0.477. The van der Waals surface area contributed by atoms with Gasteiger partial charge in [0.25, 0.3) is 0 Å². The highest BCUT2D eigenvalue weighted by Gasteiger charge is 2.21. The average molecular weight is 417 g/mol. The van der Waals surface area contributed by atoms with E-state index >= 15 is 0 Å². The summed E-state index contributed by atoms with van der Waals surface area (Å²) in [5.74, 6) is -0.527. The van der Waals surface area contributed by atoms with Gasteiger partial charge in [0, 0.05) is 18.0 Å². The van der Waals surface area contributed by atoms with E-state index in [2.05, 4.69) is 25.1 Å². The molecule has 0 amide bonds. The lowest BCUT2D eigenvalue weighted by molar-refractivity contribution is 0.0994.